The lowest BCUT2D eigenvalue weighted by atomic mass is 10.1. The predicted molar refractivity (Wildman–Crippen MR) is 111 cm³/mol. The molecule has 0 fully saturated rings. The summed E-state index contributed by atoms with van der Waals surface area (Å²) in [4.78, 5) is 23.3. The SMILES string of the molecule is CCCCCCCC/C=C\CCCCCCCC(=O)/[P+]([O-])=C(\O)C(O)CO. The first kappa shape index (κ1) is 26.4. The van der Waals surface area contributed by atoms with E-state index >= 15 is 0 Å². The van der Waals surface area contributed by atoms with Gasteiger partial charge in [0.25, 0.3) is 5.48 Å². The Kier molecular flexibility index (Phi) is 18.4. The van der Waals surface area contributed by atoms with Gasteiger partial charge in [-0.25, -0.2) is 4.79 Å². The summed E-state index contributed by atoms with van der Waals surface area (Å²) in [6.07, 6.45) is 18.2. The highest BCUT2D eigenvalue weighted by atomic mass is 31.1. The summed E-state index contributed by atoms with van der Waals surface area (Å²) in [7, 11) is -2.63. The first-order chi connectivity index (χ1) is 13.0. The molecular weight excluding hydrogens is 363 g/mol. The minimum Gasteiger partial charge on any atom is -0.622 e. The van der Waals surface area contributed by atoms with Crippen molar-refractivity contribution in [3.63, 3.8) is 0 Å². The highest BCUT2D eigenvalue weighted by Crippen LogP contribution is 2.20. The molecule has 5 nitrogen and oxygen atoms in total. The Balaban J connectivity index is 3.54. The number of hydrogen-bond acceptors (Lipinski definition) is 4. The normalized spacial score (nSPS) is 13.8. The van der Waals surface area contributed by atoms with E-state index in [9.17, 15) is 19.9 Å². The summed E-state index contributed by atoms with van der Waals surface area (Å²) >= 11 is 0. The smallest absolute Gasteiger partial charge is 0.321 e. The van der Waals surface area contributed by atoms with Gasteiger partial charge in [0.1, 0.15) is 0 Å². The Morgan fingerprint density at radius 2 is 1.41 bits per heavy atom. The third kappa shape index (κ3) is 15.1. The highest BCUT2D eigenvalue weighted by molar-refractivity contribution is 7.68. The van der Waals surface area contributed by atoms with Gasteiger partial charge in [-0.15, -0.1) is 0 Å². The van der Waals surface area contributed by atoms with Crippen LogP contribution in [0.1, 0.15) is 96.8 Å². The number of aliphatic hydroxyl groups is 3. The first-order valence-corrected chi connectivity index (χ1v) is 11.8. The maximum absolute atomic E-state index is 11.7. The zero-order valence-electron chi connectivity index (χ0n) is 16.9. The van der Waals surface area contributed by atoms with Crippen LogP contribution in [0, 0.1) is 0 Å². The summed E-state index contributed by atoms with van der Waals surface area (Å²) in [5.74, 6) is 0. The number of carbonyl (C=O) groups is 1. The van der Waals surface area contributed by atoms with E-state index in [-0.39, 0.29) is 6.42 Å². The standard InChI is InChI=1S/C21H39O5P/c1-2-3-4-5-6-7-8-9-10-11-12-13-14-15-16-17-20(24)27(26)21(25)19(23)18-22/h9-10,19,22-23,25H,2-8,11-18H2,1H3/b10-9-. The van der Waals surface area contributed by atoms with Gasteiger partial charge in [0, 0.05) is 0 Å². The quantitative estimate of drug-likeness (QED) is 0.182. The van der Waals surface area contributed by atoms with Crippen LogP contribution in [-0.2, 0) is 4.79 Å². The summed E-state index contributed by atoms with van der Waals surface area (Å²) in [5.41, 5.74) is -1.38. The third-order valence-electron chi connectivity index (χ3n) is 4.56. The van der Waals surface area contributed by atoms with E-state index in [1.165, 1.54) is 44.9 Å². The van der Waals surface area contributed by atoms with Crippen LogP contribution >= 0.6 is 7.77 Å². The van der Waals surface area contributed by atoms with Crippen molar-refractivity contribution in [2.24, 2.45) is 0 Å². The molecule has 158 valence electrons. The van der Waals surface area contributed by atoms with Gasteiger partial charge >= 0.3 is 5.52 Å². The lowest BCUT2D eigenvalue weighted by molar-refractivity contribution is -0.159. The molecule has 6 heteroatoms. The predicted octanol–water partition coefficient (Wildman–Crippen LogP) is 4.16. The highest BCUT2D eigenvalue weighted by Gasteiger charge is 2.23. The van der Waals surface area contributed by atoms with Gasteiger partial charge < -0.3 is 20.2 Å². The fraction of sp³-hybridized carbons (Fsp3) is 0.810. The molecule has 0 aliphatic rings. The Hall–Kier alpha value is -0.580. The van der Waals surface area contributed by atoms with Gasteiger partial charge in [0.15, 0.2) is 13.9 Å². The molecule has 0 bridgehead atoms. The minimum absolute atomic E-state index is 0.134. The van der Waals surface area contributed by atoms with E-state index < -0.39 is 31.5 Å². The van der Waals surface area contributed by atoms with Crippen LogP contribution in [0.4, 0.5) is 0 Å². The van der Waals surface area contributed by atoms with Gasteiger partial charge in [-0.1, -0.05) is 70.4 Å². The number of rotatable bonds is 18. The molecule has 0 rings (SSSR count). The van der Waals surface area contributed by atoms with E-state index in [1.54, 1.807) is 0 Å². The van der Waals surface area contributed by atoms with Crippen molar-refractivity contribution < 1.29 is 25.0 Å². The molecule has 3 N–H and O–H groups in total. The van der Waals surface area contributed by atoms with E-state index in [2.05, 4.69) is 19.1 Å². The van der Waals surface area contributed by atoms with Crippen molar-refractivity contribution in [3.8, 4) is 0 Å². The third-order valence-corrected chi connectivity index (χ3v) is 5.95. The Morgan fingerprint density at radius 1 is 0.926 bits per heavy atom. The van der Waals surface area contributed by atoms with Crippen LogP contribution in [0.2, 0.25) is 0 Å². The second kappa shape index (κ2) is 18.8. The van der Waals surface area contributed by atoms with Crippen LogP contribution in [0.5, 0.6) is 0 Å². The molecule has 0 amide bonds. The fourth-order valence-electron chi connectivity index (χ4n) is 2.79. The van der Waals surface area contributed by atoms with Crippen molar-refractivity contribution in [1.82, 2.24) is 0 Å². The van der Waals surface area contributed by atoms with E-state index in [0.717, 1.165) is 32.1 Å². The van der Waals surface area contributed by atoms with Crippen molar-refractivity contribution in [3.05, 3.63) is 12.2 Å². The van der Waals surface area contributed by atoms with Gasteiger partial charge in [0.05, 0.1) is 13.0 Å². The van der Waals surface area contributed by atoms with Crippen molar-refractivity contribution >= 4 is 18.8 Å². The van der Waals surface area contributed by atoms with Crippen LogP contribution in [0.15, 0.2) is 12.2 Å². The molecule has 0 aromatic rings. The Labute approximate surface area is 166 Å². The fourth-order valence-corrected chi connectivity index (χ4v) is 3.76. The van der Waals surface area contributed by atoms with Crippen LogP contribution in [0.3, 0.4) is 0 Å². The number of allylic oxidation sites excluding steroid dienone is 2. The molecule has 2 unspecified atom stereocenters. The summed E-state index contributed by atoms with van der Waals surface area (Å²) in [6.45, 7) is 1.50. The summed E-state index contributed by atoms with van der Waals surface area (Å²) in [5, 5.41) is 27.2. The van der Waals surface area contributed by atoms with E-state index in [0.29, 0.717) is 6.42 Å². The molecule has 0 aromatic carbocycles. The molecule has 0 saturated carbocycles. The van der Waals surface area contributed by atoms with Gasteiger partial charge in [-0.3, -0.25) is 0 Å². The van der Waals surface area contributed by atoms with Gasteiger partial charge in [0.2, 0.25) is 0 Å². The van der Waals surface area contributed by atoms with Crippen LogP contribution in [0.25, 0.3) is 0 Å². The topological polar surface area (TPSA) is 101 Å². The van der Waals surface area contributed by atoms with Crippen molar-refractivity contribution in [1.29, 1.82) is 0 Å². The molecule has 0 aromatic heterocycles. The van der Waals surface area contributed by atoms with Crippen molar-refractivity contribution in [2.45, 2.75) is 103 Å². The number of hydrogen-bond donors (Lipinski definition) is 3. The second-order valence-corrected chi connectivity index (χ2v) is 8.62. The first-order valence-electron chi connectivity index (χ1n) is 10.5. The van der Waals surface area contributed by atoms with Crippen LogP contribution < -0.4 is 4.89 Å². The van der Waals surface area contributed by atoms with Gasteiger partial charge in [-0.05, 0) is 32.1 Å². The maximum atomic E-state index is 11.7. The van der Waals surface area contributed by atoms with Crippen molar-refractivity contribution in [2.75, 3.05) is 6.61 Å². The maximum Gasteiger partial charge on any atom is 0.321 e. The number of aliphatic hydroxyl groups excluding tert-OH is 3. The largest absolute Gasteiger partial charge is 0.622 e. The lowest BCUT2D eigenvalue weighted by Gasteiger charge is -2.05. The average Bonchev–Trinajstić information content (AvgIpc) is 2.68. The monoisotopic (exact) mass is 402 g/mol. The Morgan fingerprint density at radius 3 is 1.93 bits per heavy atom. The van der Waals surface area contributed by atoms with Gasteiger partial charge in [-0.2, -0.15) is 0 Å². The molecule has 27 heavy (non-hydrogen) atoms. The molecule has 0 aliphatic heterocycles. The molecule has 0 saturated heterocycles. The Bertz CT molecular complexity index is 434. The summed E-state index contributed by atoms with van der Waals surface area (Å²) < 4.78 is 0. The average molecular weight is 403 g/mol. The zero-order valence-corrected chi connectivity index (χ0v) is 17.8. The number of carbonyl (C=O) groups excluding carboxylic acids is 1. The lowest BCUT2D eigenvalue weighted by Crippen LogP contribution is -2.26. The summed E-state index contributed by atoms with van der Waals surface area (Å²) in [6, 6.07) is 0. The van der Waals surface area contributed by atoms with E-state index in [1.807, 2.05) is 0 Å². The molecule has 0 aliphatic carbocycles. The molecule has 0 spiro atoms. The second-order valence-electron chi connectivity index (χ2n) is 7.08. The molecule has 0 radical (unpaired) electrons. The van der Waals surface area contributed by atoms with E-state index in [4.69, 9.17) is 5.11 Å². The number of unbranched alkanes of at least 4 members (excludes halogenated alkanes) is 11. The minimum atomic E-state index is -2.63. The van der Waals surface area contributed by atoms with Crippen LogP contribution in [-0.4, -0.2) is 39.0 Å². The molecule has 0 heterocycles. The zero-order chi connectivity index (χ0) is 20.3. The molecular formula is C21H39O5P. The molecule has 2 atom stereocenters.